The first-order valence-electron chi connectivity index (χ1n) is 12.7. The number of hydrogen-bond donors (Lipinski definition) is 1. The molecular formula is C29H38N2O. The van der Waals surface area contributed by atoms with E-state index in [-0.39, 0.29) is 5.41 Å². The van der Waals surface area contributed by atoms with Crippen molar-refractivity contribution < 1.29 is 4.79 Å². The normalized spacial score (nSPS) is 24.6. The fourth-order valence-corrected chi connectivity index (χ4v) is 7.04. The molecule has 2 aromatic carbocycles. The Hall–Kier alpha value is -2.13. The van der Waals surface area contributed by atoms with Gasteiger partial charge in [-0.05, 0) is 69.0 Å². The van der Waals surface area contributed by atoms with Gasteiger partial charge in [-0.1, -0.05) is 72.5 Å². The molecule has 1 atom stereocenters. The molecule has 0 bridgehead atoms. The summed E-state index contributed by atoms with van der Waals surface area (Å²) in [7, 11) is 0. The van der Waals surface area contributed by atoms with Crippen LogP contribution in [0.5, 0.6) is 0 Å². The van der Waals surface area contributed by atoms with Gasteiger partial charge in [-0.15, -0.1) is 0 Å². The van der Waals surface area contributed by atoms with E-state index in [4.69, 9.17) is 0 Å². The van der Waals surface area contributed by atoms with Crippen LogP contribution in [0.1, 0.15) is 73.1 Å². The Kier molecular flexibility index (Phi) is 5.88. The second kappa shape index (κ2) is 8.67. The lowest BCUT2D eigenvalue weighted by atomic mass is 9.62. The van der Waals surface area contributed by atoms with Crippen molar-refractivity contribution in [3.8, 4) is 0 Å². The number of hydrogen-bond acceptors (Lipinski definition) is 2. The van der Waals surface area contributed by atoms with Crippen LogP contribution in [0, 0.1) is 19.3 Å². The summed E-state index contributed by atoms with van der Waals surface area (Å²) in [5.41, 5.74) is 5.30. The first-order chi connectivity index (χ1) is 15.5. The zero-order valence-electron chi connectivity index (χ0n) is 19.8. The Morgan fingerprint density at radius 3 is 2.22 bits per heavy atom. The number of rotatable bonds is 3. The van der Waals surface area contributed by atoms with Crippen molar-refractivity contribution in [1.29, 1.82) is 0 Å². The van der Waals surface area contributed by atoms with Crippen LogP contribution in [0.2, 0.25) is 0 Å². The summed E-state index contributed by atoms with van der Waals surface area (Å²) in [5.74, 6) is 0.953. The number of nitrogens with one attached hydrogen (secondary N) is 1. The Morgan fingerprint density at radius 1 is 0.906 bits per heavy atom. The Balaban J connectivity index is 1.37. The van der Waals surface area contributed by atoms with E-state index in [0.29, 0.717) is 17.2 Å². The third-order valence-corrected chi connectivity index (χ3v) is 8.78. The van der Waals surface area contributed by atoms with Crippen molar-refractivity contribution in [1.82, 2.24) is 10.2 Å². The molecule has 2 aliphatic heterocycles. The molecular weight excluding hydrogens is 392 g/mol. The Bertz CT molecular complexity index is 932. The SMILES string of the molecule is Cc1cc(C)cc(C2(C(=O)N3CCC4(CCNC[C@H]4c4ccccc4)CC3)CCCC2)c1. The summed E-state index contributed by atoms with van der Waals surface area (Å²) < 4.78 is 0. The summed E-state index contributed by atoms with van der Waals surface area (Å²) in [6.07, 6.45) is 7.82. The van der Waals surface area contributed by atoms with Crippen molar-refractivity contribution in [2.24, 2.45) is 5.41 Å². The van der Waals surface area contributed by atoms with Gasteiger partial charge in [0.15, 0.2) is 0 Å². The molecule has 1 spiro atoms. The van der Waals surface area contributed by atoms with Crippen molar-refractivity contribution >= 4 is 5.91 Å². The summed E-state index contributed by atoms with van der Waals surface area (Å²) in [6, 6.07) is 17.8. The van der Waals surface area contributed by atoms with E-state index >= 15 is 0 Å². The van der Waals surface area contributed by atoms with Gasteiger partial charge in [-0.3, -0.25) is 4.79 Å². The average molecular weight is 431 g/mol. The van der Waals surface area contributed by atoms with Crippen molar-refractivity contribution in [3.63, 3.8) is 0 Å². The highest BCUT2D eigenvalue weighted by molar-refractivity contribution is 5.89. The number of carbonyl (C=O) groups is 1. The van der Waals surface area contributed by atoms with Crippen molar-refractivity contribution in [3.05, 3.63) is 70.8 Å². The second-order valence-electron chi connectivity index (χ2n) is 10.7. The summed E-state index contributed by atoms with van der Waals surface area (Å²) in [5, 5.41) is 3.64. The smallest absolute Gasteiger partial charge is 0.233 e. The lowest BCUT2D eigenvalue weighted by Gasteiger charge is -2.50. The minimum absolute atomic E-state index is 0.297. The van der Waals surface area contributed by atoms with Gasteiger partial charge in [-0.2, -0.15) is 0 Å². The van der Waals surface area contributed by atoms with Crippen LogP contribution in [0.4, 0.5) is 0 Å². The molecule has 0 unspecified atom stereocenters. The molecule has 3 heteroatoms. The number of piperidine rings is 2. The lowest BCUT2D eigenvalue weighted by Crippen LogP contribution is -2.54. The molecule has 32 heavy (non-hydrogen) atoms. The van der Waals surface area contributed by atoms with E-state index < -0.39 is 0 Å². The lowest BCUT2D eigenvalue weighted by molar-refractivity contribution is -0.140. The molecule has 1 aliphatic carbocycles. The van der Waals surface area contributed by atoms with E-state index in [1.54, 1.807) is 0 Å². The monoisotopic (exact) mass is 430 g/mol. The molecule has 170 valence electrons. The van der Waals surface area contributed by atoms with Gasteiger partial charge in [0.05, 0.1) is 5.41 Å². The minimum atomic E-state index is -0.297. The molecule has 1 N–H and O–H groups in total. The summed E-state index contributed by atoms with van der Waals surface area (Å²) >= 11 is 0. The minimum Gasteiger partial charge on any atom is -0.342 e. The van der Waals surface area contributed by atoms with Gasteiger partial charge in [0.25, 0.3) is 0 Å². The maximum atomic E-state index is 14.1. The highest BCUT2D eigenvalue weighted by Gasteiger charge is 2.49. The third kappa shape index (κ3) is 3.79. The molecule has 2 saturated heterocycles. The van der Waals surface area contributed by atoms with E-state index in [2.05, 4.69) is 72.6 Å². The molecule has 3 fully saturated rings. The molecule has 3 aliphatic rings. The fraction of sp³-hybridized carbons (Fsp3) is 0.552. The molecule has 0 aromatic heterocycles. The van der Waals surface area contributed by atoms with Gasteiger partial charge >= 0.3 is 0 Å². The van der Waals surface area contributed by atoms with Crippen LogP contribution in [0.15, 0.2) is 48.5 Å². The largest absolute Gasteiger partial charge is 0.342 e. The van der Waals surface area contributed by atoms with Crippen LogP contribution >= 0.6 is 0 Å². The predicted octanol–water partition coefficient (Wildman–Crippen LogP) is 5.50. The number of nitrogens with zero attached hydrogens (tertiary/aromatic N) is 1. The van der Waals surface area contributed by atoms with Gasteiger partial charge in [0, 0.05) is 25.6 Å². The number of aryl methyl sites for hydroxylation is 2. The summed E-state index contributed by atoms with van der Waals surface area (Å²) in [4.78, 5) is 16.3. The third-order valence-electron chi connectivity index (χ3n) is 8.78. The predicted molar refractivity (Wildman–Crippen MR) is 131 cm³/mol. The maximum Gasteiger partial charge on any atom is 0.233 e. The highest BCUT2D eigenvalue weighted by Crippen LogP contribution is 2.50. The molecule has 2 aromatic rings. The van der Waals surface area contributed by atoms with Crippen LogP contribution in [-0.2, 0) is 10.2 Å². The molecule has 5 rings (SSSR count). The summed E-state index contributed by atoms with van der Waals surface area (Å²) in [6.45, 7) is 8.31. The van der Waals surface area contributed by atoms with E-state index in [0.717, 1.165) is 64.7 Å². The molecule has 3 nitrogen and oxygen atoms in total. The number of benzene rings is 2. The molecule has 0 radical (unpaired) electrons. The standard InChI is InChI=1S/C29H38N2O/c1-22-18-23(2)20-25(19-22)29(10-6-7-11-29)27(32)31-16-13-28(14-17-31)12-15-30-21-26(28)24-8-4-3-5-9-24/h3-5,8-9,18-20,26,30H,6-7,10-17,21H2,1-2H3/t26-/m0/s1. The van der Waals surface area contributed by atoms with Crippen LogP contribution < -0.4 is 5.32 Å². The van der Waals surface area contributed by atoms with Crippen LogP contribution in [0.3, 0.4) is 0 Å². The Morgan fingerprint density at radius 2 is 1.56 bits per heavy atom. The highest BCUT2D eigenvalue weighted by atomic mass is 16.2. The molecule has 1 amide bonds. The fourth-order valence-electron chi connectivity index (χ4n) is 7.04. The van der Waals surface area contributed by atoms with Crippen LogP contribution in [0.25, 0.3) is 0 Å². The zero-order chi connectivity index (χ0) is 22.2. The van der Waals surface area contributed by atoms with E-state index in [1.165, 1.54) is 28.7 Å². The van der Waals surface area contributed by atoms with E-state index in [1.807, 2.05) is 0 Å². The van der Waals surface area contributed by atoms with Gasteiger partial charge in [0.2, 0.25) is 5.91 Å². The average Bonchev–Trinajstić information content (AvgIpc) is 3.31. The van der Waals surface area contributed by atoms with Crippen molar-refractivity contribution in [2.45, 2.75) is 70.1 Å². The number of likely N-dealkylation sites (tertiary alicyclic amines) is 1. The second-order valence-corrected chi connectivity index (χ2v) is 10.7. The van der Waals surface area contributed by atoms with E-state index in [9.17, 15) is 4.79 Å². The Labute approximate surface area is 193 Å². The van der Waals surface area contributed by atoms with Crippen molar-refractivity contribution in [2.75, 3.05) is 26.2 Å². The van der Waals surface area contributed by atoms with Crippen LogP contribution in [-0.4, -0.2) is 37.0 Å². The first-order valence-corrected chi connectivity index (χ1v) is 12.7. The quantitative estimate of drug-likeness (QED) is 0.697. The number of amides is 1. The van der Waals surface area contributed by atoms with Gasteiger partial charge in [-0.25, -0.2) is 0 Å². The molecule has 1 saturated carbocycles. The molecule has 2 heterocycles. The number of carbonyl (C=O) groups excluding carboxylic acids is 1. The topological polar surface area (TPSA) is 32.3 Å². The maximum absolute atomic E-state index is 14.1. The first kappa shape index (κ1) is 21.7. The zero-order valence-corrected chi connectivity index (χ0v) is 19.8. The van der Waals surface area contributed by atoms with Gasteiger partial charge in [0.1, 0.15) is 0 Å². The van der Waals surface area contributed by atoms with Gasteiger partial charge < -0.3 is 10.2 Å².